The lowest BCUT2D eigenvalue weighted by Gasteiger charge is -2.31. The van der Waals surface area contributed by atoms with Crippen LogP contribution in [0.25, 0.3) is 21.3 Å². The van der Waals surface area contributed by atoms with Crippen molar-refractivity contribution in [3.05, 3.63) is 41.2 Å². The highest BCUT2D eigenvalue weighted by Crippen LogP contribution is 2.28. The predicted molar refractivity (Wildman–Crippen MR) is 114 cm³/mol. The molecule has 0 amide bonds. The quantitative estimate of drug-likeness (QED) is 0.540. The number of rotatable bonds is 6. The zero-order valence-corrected chi connectivity index (χ0v) is 18.0. The van der Waals surface area contributed by atoms with Crippen LogP contribution in [0.3, 0.4) is 0 Å². The van der Waals surface area contributed by atoms with Crippen molar-refractivity contribution >= 4 is 27.9 Å². The average molecular weight is 449 g/mol. The summed E-state index contributed by atoms with van der Waals surface area (Å²) in [5, 5.41) is 12.0. The number of hydrogen-bond acceptors (Lipinski definition) is 6. The Bertz CT molecular complexity index is 1070. The van der Waals surface area contributed by atoms with Crippen molar-refractivity contribution in [3.63, 3.8) is 0 Å². The SMILES string of the molecule is Cc1nnc(-c2ccc3cnc(CC(=O)C4CCN(CCC(F)(F)F)CC4)cc3c2)s1. The molecule has 1 aliphatic heterocycles. The number of carbonyl (C=O) groups excluding carboxylic acids is 1. The summed E-state index contributed by atoms with van der Waals surface area (Å²) in [7, 11) is 0. The van der Waals surface area contributed by atoms with Crippen LogP contribution < -0.4 is 0 Å². The fraction of sp³-hybridized carbons (Fsp3) is 0.455. The molecule has 4 rings (SSSR count). The summed E-state index contributed by atoms with van der Waals surface area (Å²) in [6.45, 7) is 2.98. The standard InChI is InChI=1S/C22H23F3N4OS/c1-14-27-28-21(31-14)16-2-3-17-13-26-19(11-18(17)10-16)12-20(30)15-4-7-29(8-5-15)9-6-22(23,24)25/h2-3,10-11,13,15H,4-9,12H2,1H3. The summed E-state index contributed by atoms with van der Waals surface area (Å²) < 4.78 is 37.2. The third-order valence-corrected chi connectivity index (χ3v) is 6.55. The van der Waals surface area contributed by atoms with Gasteiger partial charge < -0.3 is 4.90 Å². The van der Waals surface area contributed by atoms with Crippen LogP contribution in [0.5, 0.6) is 0 Å². The maximum absolute atomic E-state index is 12.8. The van der Waals surface area contributed by atoms with Crippen LogP contribution in [-0.4, -0.2) is 51.7 Å². The second kappa shape index (κ2) is 9.00. The van der Waals surface area contributed by atoms with Crippen LogP contribution in [0.4, 0.5) is 13.2 Å². The fourth-order valence-corrected chi connectivity index (χ4v) is 4.60. The van der Waals surface area contributed by atoms with E-state index in [-0.39, 0.29) is 24.7 Å². The highest BCUT2D eigenvalue weighted by molar-refractivity contribution is 7.14. The highest BCUT2D eigenvalue weighted by atomic mass is 32.1. The first kappa shape index (κ1) is 21.8. The number of hydrogen-bond donors (Lipinski definition) is 0. The number of ketones is 1. The van der Waals surface area contributed by atoms with E-state index in [2.05, 4.69) is 15.2 Å². The van der Waals surface area contributed by atoms with E-state index in [0.29, 0.717) is 31.6 Å². The summed E-state index contributed by atoms with van der Waals surface area (Å²) in [4.78, 5) is 19.0. The lowest BCUT2D eigenvalue weighted by Crippen LogP contribution is -2.38. The predicted octanol–water partition coefficient (Wildman–Crippen LogP) is 4.84. The highest BCUT2D eigenvalue weighted by Gasteiger charge is 2.30. The molecule has 0 aliphatic carbocycles. The number of carbonyl (C=O) groups is 1. The Labute approximate surface area is 182 Å². The topological polar surface area (TPSA) is 59.0 Å². The van der Waals surface area contributed by atoms with Crippen molar-refractivity contribution in [2.24, 2.45) is 5.92 Å². The lowest BCUT2D eigenvalue weighted by atomic mass is 9.90. The Hall–Kier alpha value is -2.39. The molecule has 5 nitrogen and oxygen atoms in total. The lowest BCUT2D eigenvalue weighted by molar-refractivity contribution is -0.139. The number of likely N-dealkylation sites (tertiary alicyclic amines) is 1. The Morgan fingerprint density at radius 1 is 1.16 bits per heavy atom. The van der Waals surface area contributed by atoms with Gasteiger partial charge in [0, 0.05) is 41.7 Å². The monoisotopic (exact) mass is 448 g/mol. The van der Waals surface area contributed by atoms with E-state index in [9.17, 15) is 18.0 Å². The number of benzene rings is 1. The number of aromatic nitrogens is 3. The molecule has 164 valence electrons. The number of piperidine rings is 1. The Kier molecular flexibility index (Phi) is 6.34. The van der Waals surface area contributed by atoms with Crippen LogP contribution in [0.1, 0.15) is 30.0 Å². The van der Waals surface area contributed by atoms with Gasteiger partial charge in [-0.15, -0.1) is 10.2 Å². The number of alkyl halides is 3. The summed E-state index contributed by atoms with van der Waals surface area (Å²) in [6.07, 6.45) is -1.72. The molecule has 3 aromatic rings. The minimum atomic E-state index is -4.14. The Morgan fingerprint density at radius 2 is 1.94 bits per heavy atom. The minimum absolute atomic E-state index is 0.00706. The zero-order valence-electron chi connectivity index (χ0n) is 17.2. The minimum Gasteiger partial charge on any atom is -0.303 e. The van der Waals surface area contributed by atoms with Crippen molar-refractivity contribution in [1.82, 2.24) is 20.1 Å². The number of nitrogens with zero attached hydrogens (tertiary/aromatic N) is 4. The number of pyridine rings is 1. The van der Waals surface area contributed by atoms with Gasteiger partial charge in [-0.05, 0) is 50.4 Å². The maximum atomic E-state index is 12.8. The van der Waals surface area contributed by atoms with Gasteiger partial charge >= 0.3 is 6.18 Å². The van der Waals surface area contributed by atoms with Crippen LogP contribution in [0.2, 0.25) is 0 Å². The molecule has 1 aromatic carbocycles. The first-order chi connectivity index (χ1) is 14.8. The Morgan fingerprint density at radius 3 is 2.61 bits per heavy atom. The molecular weight excluding hydrogens is 425 g/mol. The molecule has 31 heavy (non-hydrogen) atoms. The van der Waals surface area contributed by atoms with Gasteiger partial charge in [-0.25, -0.2) is 0 Å². The van der Waals surface area contributed by atoms with Gasteiger partial charge in [0.05, 0.1) is 6.42 Å². The maximum Gasteiger partial charge on any atom is 0.390 e. The molecule has 9 heteroatoms. The van der Waals surface area contributed by atoms with Crippen molar-refractivity contribution in [2.75, 3.05) is 19.6 Å². The van der Waals surface area contributed by atoms with E-state index in [4.69, 9.17) is 0 Å². The molecule has 0 saturated carbocycles. The van der Waals surface area contributed by atoms with E-state index < -0.39 is 12.6 Å². The number of halogens is 3. The molecular formula is C22H23F3N4OS. The van der Waals surface area contributed by atoms with Crippen molar-refractivity contribution < 1.29 is 18.0 Å². The number of Topliss-reactive ketones (excluding diaryl/α,β-unsaturated/α-hetero) is 1. The van der Waals surface area contributed by atoms with Crippen LogP contribution in [-0.2, 0) is 11.2 Å². The molecule has 1 saturated heterocycles. The smallest absolute Gasteiger partial charge is 0.303 e. The molecule has 3 heterocycles. The van der Waals surface area contributed by atoms with Crippen LogP contribution in [0.15, 0.2) is 30.5 Å². The molecule has 1 aliphatic rings. The van der Waals surface area contributed by atoms with Gasteiger partial charge in [-0.1, -0.05) is 23.5 Å². The van der Waals surface area contributed by atoms with Gasteiger partial charge in [-0.3, -0.25) is 9.78 Å². The van der Waals surface area contributed by atoms with E-state index in [1.165, 1.54) is 11.3 Å². The van der Waals surface area contributed by atoms with E-state index in [0.717, 1.165) is 26.4 Å². The molecule has 1 fully saturated rings. The molecule has 0 bridgehead atoms. The van der Waals surface area contributed by atoms with Crippen LogP contribution >= 0.6 is 11.3 Å². The molecule has 2 aromatic heterocycles. The zero-order chi connectivity index (χ0) is 22.0. The second-order valence-electron chi connectivity index (χ2n) is 7.99. The second-order valence-corrected chi connectivity index (χ2v) is 9.17. The largest absolute Gasteiger partial charge is 0.390 e. The number of aryl methyl sites for hydroxylation is 1. The van der Waals surface area contributed by atoms with E-state index >= 15 is 0 Å². The van der Waals surface area contributed by atoms with Crippen molar-refractivity contribution in [2.45, 2.75) is 38.8 Å². The molecule has 0 spiro atoms. The molecule has 0 atom stereocenters. The van der Waals surface area contributed by atoms with Gasteiger partial charge in [0.15, 0.2) is 0 Å². The Balaban J connectivity index is 1.38. The summed E-state index contributed by atoms with van der Waals surface area (Å²) in [5.41, 5.74) is 1.69. The molecule has 0 N–H and O–H groups in total. The first-order valence-corrected chi connectivity index (χ1v) is 11.1. The summed E-state index contributed by atoms with van der Waals surface area (Å²) in [5.74, 6) is -0.00596. The van der Waals surface area contributed by atoms with Crippen LogP contribution in [0, 0.1) is 12.8 Å². The van der Waals surface area contributed by atoms with E-state index in [1.807, 2.05) is 31.2 Å². The van der Waals surface area contributed by atoms with E-state index in [1.54, 1.807) is 11.1 Å². The third kappa shape index (κ3) is 5.65. The average Bonchev–Trinajstić information content (AvgIpc) is 3.18. The van der Waals surface area contributed by atoms with Gasteiger partial charge in [0.1, 0.15) is 15.8 Å². The van der Waals surface area contributed by atoms with Gasteiger partial charge in [-0.2, -0.15) is 13.2 Å². The summed E-state index contributed by atoms with van der Waals surface area (Å²) in [6, 6.07) is 7.94. The van der Waals surface area contributed by atoms with Gasteiger partial charge in [0.25, 0.3) is 0 Å². The summed E-state index contributed by atoms with van der Waals surface area (Å²) >= 11 is 1.53. The normalized spacial score (nSPS) is 16.1. The molecule has 0 unspecified atom stereocenters. The molecule has 0 radical (unpaired) electrons. The third-order valence-electron chi connectivity index (χ3n) is 5.66. The van der Waals surface area contributed by atoms with Crippen molar-refractivity contribution in [3.8, 4) is 10.6 Å². The number of fused-ring (bicyclic) bond motifs is 1. The van der Waals surface area contributed by atoms with Crippen molar-refractivity contribution in [1.29, 1.82) is 0 Å². The first-order valence-electron chi connectivity index (χ1n) is 10.3. The van der Waals surface area contributed by atoms with Gasteiger partial charge in [0.2, 0.25) is 0 Å². The fourth-order valence-electron chi connectivity index (χ4n) is 3.92.